The second-order valence-electron chi connectivity index (χ2n) is 4.48. The molecule has 0 aliphatic carbocycles. The fraction of sp³-hybridized carbons (Fsp3) is 0.727. The lowest BCUT2D eigenvalue weighted by Gasteiger charge is -2.49. The summed E-state index contributed by atoms with van der Waals surface area (Å²) in [5.41, 5.74) is 0. The zero-order valence-corrected chi connectivity index (χ0v) is 10.2. The Labute approximate surface area is 104 Å². The summed E-state index contributed by atoms with van der Waals surface area (Å²) in [4.78, 5) is 34.3. The third-order valence-electron chi connectivity index (χ3n) is 3.34. The number of rotatable bonds is 6. The fourth-order valence-electron chi connectivity index (χ4n) is 2.30. The van der Waals surface area contributed by atoms with Crippen molar-refractivity contribution in [2.75, 3.05) is 6.54 Å². The molecule has 0 aromatic heterocycles. The molecule has 7 heteroatoms. The van der Waals surface area contributed by atoms with Crippen LogP contribution in [0.3, 0.4) is 0 Å². The highest BCUT2D eigenvalue weighted by atomic mass is 16.4. The van der Waals surface area contributed by atoms with Crippen molar-refractivity contribution in [3.05, 3.63) is 0 Å². The summed E-state index contributed by atoms with van der Waals surface area (Å²) in [6.07, 6.45) is -0.616. The monoisotopic (exact) mass is 259 g/mol. The molecule has 1 rings (SSSR count). The zero-order valence-electron chi connectivity index (χ0n) is 10.2. The van der Waals surface area contributed by atoms with E-state index >= 15 is 0 Å². The predicted molar refractivity (Wildman–Crippen MR) is 59.7 cm³/mol. The average molecular weight is 259 g/mol. The molecule has 102 valence electrons. The van der Waals surface area contributed by atoms with Crippen LogP contribution in [-0.4, -0.2) is 56.8 Å². The highest BCUT2D eigenvalue weighted by molar-refractivity contribution is 5.91. The van der Waals surface area contributed by atoms with Crippen LogP contribution in [-0.2, 0) is 14.4 Å². The first-order valence-corrected chi connectivity index (χ1v) is 5.74. The van der Waals surface area contributed by atoms with Gasteiger partial charge in [0.1, 0.15) is 6.54 Å². The third-order valence-corrected chi connectivity index (χ3v) is 3.34. The van der Waals surface area contributed by atoms with Gasteiger partial charge in [-0.05, 0) is 13.3 Å². The number of aliphatic carboxylic acids is 2. The van der Waals surface area contributed by atoms with Crippen LogP contribution in [0.5, 0.6) is 0 Å². The van der Waals surface area contributed by atoms with Crippen LogP contribution >= 0.6 is 0 Å². The van der Waals surface area contributed by atoms with E-state index in [2.05, 4.69) is 0 Å². The summed E-state index contributed by atoms with van der Waals surface area (Å²) >= 11 is 0. The number of nitrogens with zero attached hydrogens (tertiary/aromatic N) is 1. The van der Waals surface area contributed by atoms with Crippen molar-refractivity contribution in [2.24, 2.45) is 11.8 Å². The van der Waals surface area contributed by atoms with Crippen LogP contribution in [0.2, 0.25) is 0 Å². The number of aliphatic hydroxyl groups is 1. The van der Waals surface area contributed by atoms with Gasteiger partial charge in [0.05, 0.1) is 24.0 Å². The second-order valence-corrected chi connectivity index (χ2v) is 4.48. The minimum absolute atomic E-state index is 0.320. The van der Waals surface area contributed by atoms with Crippen molar-refractivity contribution in [1.29, 1.82) is 0 Å². The standard InChI is InChI=1S/C11H17NO6/c1-3-6(13)8-9(5(2)11(17)18)12(10(8)16)4-7(14)15/h5-6,8-9,13H,3-4H2,1-2H3,(H,14,15)(H,17,18)/t5-,6?,8-,9-/m1/s1. The van der Waals surface area contributed by atoms with Crippen molar-refractivity contribution >= 4 is 17.8 Å². The SMILES string of the molecule is CCC(O)[C@H]1C(=O)N(CC(=O)O)[C@@H]1[C@@H](C)C(=O)O. The van der Waals surface area contributed by atoms with E-state index in [1.165, 1.54) is 6.92 Å². The van der Waals surface area contributed by atoms with Crippen molar-refractivity contribution in [1.82, 2.24) is 4.90 Å². The molecule has 1 saturated heterocycles. The Morgan fingerprint density at radius 3 is 2.33 bits per heavy atom. The summed E-state index contributed by atoms with van der Waals surface area (Å²) in [7, 11) is 0. The number of carboxylic acid groups (broad SMARTS) is 2. The Bertz CT molecular complexity index is 369. The van der Waals surface area contributed by atoms with Crippen LogP contribution in [0.1, 0.15) is 20.3 Å². The quantitative estimate of drug-likeness (QED) is 0.548. The van der Waals surface area contributed by atoms with Crippen LogP contribution < -0.4 is 0 Å². The van der Waals surface area contributed by atoms with Crippen LogP contribution in [0.25, 0.3) is 0 Å². The largest absolute Gasteiger partial charge is 0.481 e. The number of likely N-dealkylation sites (tertiary alicyclic amines) is 1. The van der Waals surface area contributed by atoms with Gasteiger partial charge in [-0.2, -0.15) is 0 Å². The van der Waals surface area contributed by atoms with Gasteiger partial charge in [0, 0.05) is 0 Å². The molecule has 0 aromatic rings. The van der Waals surface area contributed by atoms with Crippen molar-refractivity contribution in [3.8, 4) is 0 Å². The summed E-state index contributed by atoms with van der Waals surface area (Å²) in [6, 6.07) is -0.763. The van der Waals surface area contributed by atoms with Crippen molar-refractivity contribution in [2.45, 2.75) is 32.4 Å². The molecule has 0 spiro atoms. The predicted octanol–water partition coefficient (Wildman–Crippen LogP) is -0.610. The molecule has 18 heavy (non-hydrogen) atoms. The van der Waals surface area contributed by atoms with Gasteiger partial charge in [0.25, 0.3) is 0 Å². The summed E-state index contributed by atoms with van der Waals surface area (Å²) in [5, 5.41) is 27.4. The molecule has 3 N–H and O–H groups in total. The van der Waals surface area contributed by atoms with Crippen LogP contribution in [0.4, 0.5) is 0 Å². The molecular weight excluding hydrogens is 242 g/mol. The Morgan fingerprint density at radius 2 is 1.94 bits per heavy atom. The van der Waals surface area contributed by atoms with E-state index in [4.69, 9.17) is 10.2 Å². The summed E-state index contributed by atoms with van der Waals surface area (Å²) in [5.74, 6) is -4.54. The van der Waals surface area contributed by atoms with E-state index in [9.17, 15) is 19.5 Å². The first-order valence-electron chi connectivity index (χ1n) is 5.74. The number of hydrogen-bond donors (Lipinski definition) is 3. The van der Waals surface area contributed by atoms with Gasteiger partial charge in [-0.25, -0.2) is 0 Å². The fourth-order valence-corrected chi connectivity index (χ4v) is 2.30. The smallest absolute Gasteiger partial charge is 0.323 e. The molecule has 0 radical (unpaired) electrons. The molecule has 1 aliphatic heterocycles. The molecule has 1 heterocycles. The first-order chi connectivity index (χ1) is 8.31. The minimum Gasteiger partial charge on any atom is -0.481 e. The summed E-state index contributed by atoms with van der Waals surface area (Å²) < 4.78 is 0. The molecule has 7 nitrogen and oxygen atoms in total. The molecule has 4 atom stereocenters. The number of hydrogen-bond acceptors (Lipinski definition) is 4. The Hall–Kier alpha value is -1.63. The van der Waals surface area contributed by atoms with E-state index < -0.39 is 48.4 Å². The lowest BCUT2D eigenvalue weighted by atomic mass is 9.75. The molecule has 0 aromatic carbocycles. The molecule has 1 aliphatic rings. The maximum Gasteiger partial charge on any atom is 0.323 e. The average Bonchev–Trinajstić information content (AvgIpc) is 2.30. The van der Waals surface area contributed by atoms with Gasteiger partial charge in [0.2, 0.25) is 5.91 Å². The first kappa shape index (κ1) is 14.4. The van der Waals surface area contributed by atoms with Crippen molar-refractivity contribution < 1.29 is 29.7 Å². The number of carbonyl (C=O) groups is 3. The van der Waals surface area contributed by atoms with Gasteiger partial charge in [-0.1, -0.05) is 6.92 Å². The zero-order chi connectivity index (χ0) is 14.0. The van der Waals surface area contributed by atoms with E-state index in [-0.39, 0.29) is 0 Å². The van der Waals surface area contributed by atoms with E-state index in [1.54, 1.807) is 6.92 Å². The third kappa shape index (κ3) is 2.45. The van der Waals surface area contributed by atoms with E-state index in [1.807, 2.05) is 0 Å². The van der Waals surface area contributed by atoms with E-state index in [0.29, 0.717) is 6.42 Å². The van der Waals surface area contributed by atoms with Gasteiger partial charge in [-0.3, -0.25) is 14.4 Å². The Balaban J connectivity index is 2.91. The Kier molecular flexibility index (Phi) is 4.28. The molecule has 0 bridgehead atoms. The normalized spacial score (nSPS) is 26.4. The lowest BCUT2D eigenvalue weighted by molar-refractivity contribution is -0.178. The molecule has 1 fully saturated rings. The summed E-state index contributed by atoms with van der Waals surface area (Å²) in [6.45, 7) is 2.55. The van der Waals surface area contributed by atoms with Gasteiger partial charge < -0.3 is 20.2 Å². The highest BCUT2D eigenvalue weighted by Crippen LogP contribution is 2.35. The van der Waals surface area contributed by atoms with Crippen LogP contribution in [0.15, 0.2) is 0 Å². The second kappa shape index (κ2) is 5.34. The van der Waals surface area contributed by atoms with Crippen molar-refractivity contribution in [3.63, 3.8) is 0 Å². The maximum absolute atomic E-state index is 11.7. The highest BCUT2D eigenvalue weighted by Gasteiger charge is 2.54. The molecule has 0 saturated carbocycles. The molecule has 1 amide bonds. The molecule has 1 unspecified atom stereocenters. The maximum atomic E-state index is 11.7. The van der Waals surface area contributed by atoms with Crippen LogP contribution in [0, 0.1) is 11.8 Å². The topological polar surface area (TPSA) is 115 Å². The molecular formula is C11H17NO6. The van der Waals surface area contributed by atoms with E-state index in [0.717, 1.165) is 4.90 Å². The number of amides is 1. The minimum atomic E-state index is -1.20. The number of aliphatic hydroxyl groups excluding tert-OH is 1. The number of carboxylic acids is 2. The van der Waals surface area contributed by atoms with Gasteiger partial charge >= 0.3 is 11.9 Å². The number of carbonyl (C=O) groups excluding carboxylic acids is 1. The lowest BCUT2D eigenvalue weighted by Crippen LogP contribution is -2.68. The van der Waals surface area contributed by atoms with Gasteiger partial charge in [0.15, 0.2) is 0 Å². The Morgan fingerprint density at radius 1 is 1.39 bits per heavy atom. The van der Waals surface area contributed by atoms with Gasteiger partial charge in [-0.15, -0.1) is 0 Å². The number of β-lactam (4-membered cyclic amide) rings is 1.